The molecule has 1 unspecified atom stereocenters. The van der Waals surface area contributed by atoms with Gasteiger partial charge in [-0.25, -0.2) is 0 Å². The molecule has 0 fully saturated rings. The molecule has 2 rings (SSSR count). The maximum Gasteiger partial charge on any atom is 0.416 e. The zero-order valence-corrected chi connectivity index (χ0v) is 12.5. The van der Waals surface area contributed by atoms with E-state index in [2.05, 4.69) is 22.6 Å². The maximum absolute atomic E-state index is 12.6. The lowest BCUT2D eigenvalue weighted by Gasteiger charge is -2.14. The normalized spacial score (nSPS) is 13.2. The third kappa shape index (κ3) is 3.96. The molecule has 0 amide bonds. The van der Waals surface area contributed by atoms with Crippen molar-refractivity contribution in [3.8, 4) is 0 Å². The molecule has 2 aromatic carbocycles. The van der Waals surface area contributed by atoms with Crippen LogP contribution in [-0.4, -0.2) is 5.11 Å². The minimum Gasteiger partial charge on any atom is -0.388 e. The Bertz CT molecular complexity index is 578. The third-order valence-corrected chi connectivity index (χ3v) is 3.66. The smallest absolute Gasteiger partial charge is 0.388 e. The Labute approximate surface area is 128 Å². The summed E-state index contributed by atoms with van der Waals surface area (Å²) in [5, 5.41) is 10.1. The number of hydrogen-bond donors (Lipinski definition) is 1. The highest BCUT2D eigenvalue weighted by molar-refractivity contribution is 14.1. The van der Waals surface area contributed by atoms with Crippen LogP contribution in [0.25, 0.3) is 0 Å². The predicted octanol–water partition coefficient (Wildman–Crippen LogP) is 4.59. The van der Waals surface area contributed by atoms with E-state index in [9.17, 15) is 18.3 Å². The van der Waals surface area contributed by atoms with E-state index >= 15 is 0 Å². The number of hydrogen-bond acceptors (Lipinski definition) is 1. The van der Waals surface area contributed by atoms with Gasteiger partial charge >= 0.3 is 6.18 Å². The van der Waals surface area contributed by atoms with Crippen LogP contribution in [0.4, 0.5) is 13.2 Å². The van der Waals surface area contributed by atoms with E-state index < -0.39 is 17.8 Å². The Hall–Kier alpha value is -1.08. The van der Waals surface area contributed by atoms with Gasteiger partial charge in [-0.15, -0.1) is 0 Å². The first kappa shape index (κ1) is 15.3. The number of alkyl halides is 3. The Morgan fingerprint density at radius 2 is 1.70 bits per heavy atom. The lowest BCUT2D eigenvalue weighted by Crippen LogP contribution is -2.08. The topological polar surface area (TPSA) is 20.2 Å². The van der Waals surface area contributed by atoms with Crippen LogP contribution >= 0.6 is 22.6 Å². The molecule has 0 aliphatic rings. The molecule has 0 radical (unpaired) electrons. The summed E-state index contributed by atoms with van der Waals surface area (Å²) in [6, 6.07) is 12.3. The fourth-order valence-electron chi connectivity index (χ4n) is 1.88. The highest BCUT2D eigenvalue weighted by Crippen LogP contribution is 2.31. The molecule has 0 saturated carbocycles. The molecule has 0 heterocycles. The number of benzene rings is 2. The van der Waals surface area contributed by atoms with Crippen molar-refractivity contribution in [3.63, 3.8) is 0 Å². The van der Waals surface area contributed by atoms with Gasteiger partial charge in [0, 0.05) is 9.99 Å². The van der Waals surface area contributed by atoms with Crippen LogP contribution in [0.3, 0.4) is 0 Å². The van der Waals surface area contributed by atoms with Gasteiger partial charge in [0.2, 0.25) is 0 Å². The van der Waals surface area contributed by atoms with Crippen LogP contribution in [0.5, 0.6) is 0 Å². The largest absolute Gasteiger partial charge is 0.416 e. The molecular weight excluding hydrogens is 380 g/mol. The molecule has 1 N–H and O–H groups in total. The van der Waals surface area contributed by atoms with Crippen LogP contribution in [0.2, 0.25) is 0 Å². The summed E-state index contributed by atoms with van der Waals surface area (Å²) >= 11 is 2.17. The highest BCUT2D eigenvalue weighted by Gasteiger charge is 2.30. The monoisotopic (exact) mass is 392 g/mol. The molecule has 0 aromatic heterocycles. The van der Waals surface area contributed by atoms with Gasteiger partial charge in [0.05, 0.1) is 11.7 Å². The molecule has 0 spiro atoms. The minimum absolute atomic E-state index is 0.276. The van der Waals surface area contributed by atoms with Gasteiger partial charge in [-0.05, 0) is 58.0 Å². The third-order valence-electron chi connectivity index (χ3n) is 2.94. The van der Waals surface area contributed by atoms with Crippen LogP contribution in [-0.2, 0) is 12.6 Å². The van der Waals surface area contributed by atoms with Crippen molar-refractivity contribution in [2.45, 2.75) is 18.7 Å². The molecule has 1 atom stereocenters. The van der Waals surface area contributed by atoms with Crippen LogP contribution in [0.15, 0.2) is 48.5 Å². The van der Waals surface area contributed by atoms with Crippen molar-refractivity contribution in [2.75, 3.05) is 0 Å². The predicted molar refractivity (Wildman–Crippen MR) is 79.3 cm³/mol. The molecule has 20 heavy (non-hydrogen) atoms. The van der Waals surface area contributed by atoms with E-state index in [1.54, 1.807) is 0 Å². The van der Waals surface area contributed by atoms with E-state index in [0.717, 1.165) is 21.3 Å². The second-order valence-corrected chi connectivity index (χ2v) is 5.72. The summed E-state index contributed by atoms with van der Waals surface area (Å²) in [5.74, 6) is 0. The summed E-state index contributed by atoms with van der Waals surface area (Å²) in [7, 11) is 0. The van der Waals surface area contributed by atoms with Gasteiger partial charge in [0.15, 0.2) is 0 Å². The summed E-state index contributed by atoms with van der Waals surface area (Å²) in [5.41, 5.74) is 0.422. The quantitative estimate of drug-likeness (QED) is 0.758. The second kappa shape index (κ2) is 6.13. The molecule has 0 bridgehead atoms. The van der Waals surface area contributed by atoms with E-state index in [0.29, 0.717) is 0 Å². The minimum atomic E-state index is -4.39. The summed E-state index contributed by atoms with van der Waals surface area (Å²) in [6.07, 6.45) is -5.05. The standard InChI is InChI=1S/C15H12F3IO/c16-15(17,18)12-3-1-2-11(9-12)14(20)8-10-4-6-13(19)7-5-10/h1-7,9,14,20H,8H2. The van der Waals surface area contributed by atoms with Crippen molar-refractivity contribution in [3.05, 3.63) is 68.8 Å². The number of rotatable bonds is 3. The second-order valence-electron chi connectivity index (χ2n) is 4.47. The lowest BCUT2D eigenvalue weighted by molar-refractivity contribution is -0.137. The van der Waals surface area contributed by atoms with Gasteiger partial charge < -0.3 is 5.11 Å². The molecule has 5 heteroatoms. The van der Waals surface area contributed by atoms with Gasteiger partial charge in [-0.3, -0.25) is 0 Å². The fraction of sp³-hybridized carbons (Fsp3) is 0.200. The Kier molecular flexibility index (Phi) is 4.70. The van der Waals surface area contributed by atoms with Crippen molar-refractivity contribution in [1.29, 1.82) is 0 Å². The maximum atomic E-state index is 12.6. The van der Waals surface area contributed by atoms with Gasteiger partial charge in [0.25, 0.3) is 0 Å². The van der Waals surface area contributed by atoms with Crippen LogP contribution in [0.1, 0.15) is 22.8 Å². The number of halogens is 4. The number of aliphatic hydroxyl groups excluding tert-OH is 1. The molecular formula is C15H12F3IO. The molecule has 1 nitrogen and oxygen atoms in total. The van der Waals surface area contributed by atoms with Crippen LogP contribution in [0, 0.1) is 3.57 Å². The average Bonchev–Trinajstić information content (AvgIpc) is 2.40. The van der Waals surface area contributed by atoms with Crippen molar-refractivity contribution >= 4 is 22.6 Å². The van der Waals surface area contributed by atoms with Crippen LogP contribution < -0.4 is 0 Å². The van der Waals surface area contributed by atoms with Crippen molar-refractivity contribution in [1.82, 2.24) is 0 Å². The van der Waals surface area contributed by atoms with Crippen molar-refractivity contribution < 1.29 is 18.3 Å². The summed E-state index contributed by atoms with van der Waals surface area (Å²) < 4.78 is 38.9. The molecule has 106 valence electrons. The highest BCUT2D eigenvalue weighted by atomic mass is 127. The Balaban J connectivity index is 2.17. The molecule has 0 aliphatic carbocycles. The zero-order chi connectivity index (χ0) is 14.8. The first-order valence-corrected chi connectivity index (χ1v) is 7.04. The SMILES string of the molecule is OC(Cc1ccc(I)cc1)c1cccc(C(F)(F)F)c1. The van der Waals surface area contributed by atoms with Gasteiger partial charge in [0.1, 0.15) is 0 Å². The molecule has 0 saturated heterocycles. The van der Waals surface area contributed by atoms with E-state index in [1.807, 2.05) is 24.3 Å². The first-order valence-electron chi connectivity index (χ1n) is 5.96. The zero-order valence-electron chi connectivity index (χ0n) is 10.4. The van der Waals surface area contributed by atoms with Gasteiger partial charge in [-0.1, -0.05) is 24.3 Å². The van der Waals surface area contributed by atoms with Gasteiger partial charge in [-0.2, -0.15) is 13.2 Å². The van der Waals surface area contributed by atoms with Crippen molar-refractivity contribution in [2.24, 2.45) is 0 Å². The molecule has 0 aliphatic heterocycles. The Morgan fingerprint density at radius 3 is 2.30 bits per heavy atom. The van der Waals surface area contributed by atoms with E-state index in [4.69, 9.17) is 0 Å². The Morgan fingerprint density at radius 1 is 1.05 bits per heavy atom. The number of aliphatic hydroxyl groups is 1. The first-order chi connectivity index (χ1) is 9.36. The average molecular weight is 392 g/mol. The van der Waals surface area contributed by atoms with E-state index in [1.165, 1.54) is 12.1 Å². The molecule has 2 aromatic rings. The fourth-order valence-corrected chi connectivity index (χ4v) is 2.24. The lowest BCUT2D eigenvalue weighted by atomic mass is 10.00. The van der Waals surface area contributed by atoms with E-state index in [-0.39, 0.29) is 12.0 Å². The summed E-state index contributed by atoms with van der Waals surface area (Å²) in [4.78, 5) is 0. The summed E-state index contributed by atoms with van der Waals surface area (Å²) in [6.45, 7) is 0.